The van der Waals surface area contributed by atoms with Crippen molar-refractivity contribution >= 4 is 9.84 Å². The molecule has 1 aromatic carbocycles. The SMILES string of the molecule is CC(C)c1cc(C(F)(F)F)c(-c2ccc(S(C)(=O)=O)cc2)cn1. The van der Waals surface area contributed by atoms with Crippen LogP contribution in [0.5, 0.6) is 0 Å². The maximum Gasteiger partial charge on any atom is 0.417 e. The van der Waals surface area contributed by atoms with Crippen LogP contribution in [0.1, 0.15) is 31.0 Å². The Morgan fingerprint density at radius 1 is 1.09 bits per heavy atom. The molecular weight excluding hydrogens is 327 g/mol. The molecule has 23 heavy (non-hydrogen) atoms. The summed E-state index contributed by atoms with van der Waals surface area (Å²) in [6.07, 6.45) is -2.28. The second kappa shape index (κ2) is 5.96. The van der Waals surface area contributed by atoms with E-state index in [9.17, 15) is 21.6 Å². The number of rotatable bonds is 3. The smallest absolute Gasteiger partial charge is 0.260 e. The van der Waals surface area contributed by atoms with Gasteiger partial charge in [-0.25, -0.2) is 8.42 Å². The van der Waals surface area contributed by atoms with Gasteiger partial charge in [-0.05, 0) is 29.7 Å². The molecule has 0 amide bonds. The lowest BCUT2D eigenvalue weighted by Gasteiger charge is -2.15. The van der Waals surface area contributed by atoms with Gasteiger partial charge in [-0.1, -0.05) is 26.0 Å². The Balaban J connectivity index is 2.59. The van der Waals surface area contributed by atoms with E-state index in [0.717, 1.165) is 12.3 Å². The zero-order chi connectivity index (χ0) is 17.4. The molecule has 2 rings (SSSR count). The number of pyridine rings is 1. The number of hydrogen-bond donors (Lipinski definition) is 0. The minimum Gasteiger partial charge on any atom is -0.260 e. The third-order valence-corrected chi connectivity index (χ3v) is 4.54. The first-order chi connectivity index (χ1) is 10.5. The summed E-state index contributed by atoms with van der Waals surface area (Å²) in [7, 11) is -3.40. The highest BCUT2D eigenvalue weighted by atomic mass is 32.2. The Bertz CT molecular complexity index is 810. The fourth-order valence-electron chi connectivity index (χ4n) is 2.13. The molecule has 0 bridgehead atoms. The molecule has 3 nitrogen and oxygen atoms in total. The van der Waals surface area contributed by atoms with Gasteiger partial charge in [-0.2, -0.15) is 13.2 Å². The van der Waals surface area contributed by atoms with Crippen molar-refractivity contribution in [3.05, 3.63) is 47.8 Å². The molecular formula is C16H16F3NO2S. The summed E-state index contributed by atoms with van der Waals surface area (Å²) in [5.41, 5.74) is -0.216. The molecule has 0 saturated heterocycles. The van der Waals surface area contributed by atoms with Gasteiger partial charge in [-0.3, -0.25) is 4.98 Å². The molecule has 0 aliphatic heterocycles. The summed E-state index contributed by atoms with van der Waals surface area (Å²) in [6.45, 7) is 3.53. The molecule has 0 radical (unpaired) electrons. The van der Waals surface area contributed by atoms with Crippen molar-refractivity contribution in [1.29, 1.82) is 0 Å². The quantitative estimate of drug-likeness (QED) is 0.835. The number of hydrogen-bond acceptors (Lipinski definition) is 3. The van der Waals surface area contributed by atoms with Crippen molar-refractivity contribution in [3.8, 4) is 11.1 Å². The Hall–Kier alpha value is -1.89. The minimum absolute atomic E-state index is 0.0570. The molecule has 0 fully saturated rings. The van der Waals surface area contributed by atoms with E-state index in [0.29, 0.717) is 5.69 Å². The second-order valence-electron chi connectivity index (χ2n) is 5.60. The largest absolute Gasteiger partial charge is 0.417 e. The van der Waals surface area contributed by atoms with Crippen LogP contribution in [-0.2, 0) is 16.0 Å². The van der Waals surface area contributed by atoms with Crippen molar-refractivity contribution in [2.45, 2.75) is 30.8 Å². The van der Waals surface area contributed by atoms with Crippen molar-refractivity contribution in [1.82, 2.24) is 4.98 Å². The maximum absolute atomic E-state index is 13.3. The van der Waals surface area contributed by atoms with Crippen LogP contribution in [0, 0.1) is 0 Å². The van der Waals surface area contributed by atoms with Gasteiger partial charge in [0.05, 0.1) is 10.5 Å². The highest BCUT2D eigenvalue weighted by Gasteiger charge is 2.34. The monoisotopic (exact) mass is 343 g/mol. The third kappa shape index (κ3) is 3.90. The third-order valence-electron chi connectivity index (χ3n) is 3.42. The highest BCUT2D eigenvalue weighted by molar-refractivity contribution is 7.90. The highest BCUT2D eigenvalue weighted by Crippen LogP contribution is 2.38. The van der Waals surface area contributed by atoms with E-state index >= 15 is 0 Å². The van der Waals surface area contributed by atoms with Crippen LogP contribution in [-0.4, -0.2) is 19.7 Å². The average Bonchev–Trinajstić information content (AvgIpc) is 2.45. The molecule has 0 N–H and O–H groups in total. The van der Waals surface area contributed by atoms with Crippen molar-refractivity contribution in [3.63, 3.8) is 0 Å². The molecule has 0 spiro atoms. The number of sulfone groups is 1. The summed E-state index contributed by atoms with van der Waals surface area (Å²) >= 11 is 0. The Morgan fingerprint density at radius 3 is 2.09 bits per heavy atom. The minimum atomic E-state index is -4.52. The van der Waals surface area contributed by atoms with E-state index in [1.807, 2.05) is 0 Å². The van der Waals surface area contributed by atoms with E-state index in [4.69, 9.17) is 0 Å². The normalized spacial score (nSPS) is 12.7. The van der Waals surface area contributed by atoms with Crippen LogP contribution in [0.3, 0.4) is 0 Å². The molecule has 0 aliphatic rings. The Kier molecular flexibility index (Phi) is 4.52. The topological polar surface area (TPSA) is 47.0 Å². The molecule has 2 aromatic rings. The van der Waals surface area contributed by atoms with Gasteiger partial charge in [-0.15, -0.1) is 0 Å². The summed E-state index contributed by atoms with van der Waals surface area (Å²) in [4.78, 5) is 4.14. The fraction of sp³-hybridized carbons (Fsp3) is 0.312. The Labute approximate surface area is 133 Å². The van der Waals surface area contributed by atoms with Crippen molar-refractivity contribution < 1.29 is 21.6 Å². The zero-order valence-corrected chi connectivity index (χ0v) is 13.7. The van der Waals surface area contributed by atoms with Gasteiger partial charge < -0.3 is 0 Å². The predicted molar refractivity (Wildman–Crippen MR) is 81.9 cm³/mol. The summed E-state index contributed by atoms with van der Waals surface area (Å²) in [5, 5.41) is 0. The predicted octanol–water partition coefficient (Wildman–Crippen LogP) is 4.29. The van der Waals surface area contributed by atoms with Crippen LogP contribution >= 0.6 is 0 Å². The average molecular weight is 343 g/mol. The lowest BCUT2D eigenvalue weighted by atomic mass is 9.98. The first kappa shape index (κ1) is 17.5. The van der Waals surface area contributed by atoms with Crippen LogP contribution < -0.4 is 0 Å². The van der Waals surface area contributed by atoms with Gasteiger partial charge in [0.25, 0.3) is 0 Å². The second-order valence-corrected chi connectivity index (χ2v) is 7.62. The van der Waals surface area contributed by atoms with Crippen molar-refractivity contribution in [2.75, 3.05) is 6.26 Å². The molecule has 0 aliphatic carbocycles. The molecule has 0 unspecified atom stereocenters. The van der Waals surface area contributed by atoms with Gasteiger partial charge in [0.1, 0.15) is 0 Å². The number of aromatic nitrogens is 1. The zero-order valence-electron chi connectivity index (χ0n) is 12.8. The molecule has 124 valence electrons. The van der Waals surface area contributed by atoms with Gasteiger partial charge >= 0.3 is 6.18 Å². The van der Waals surface area contributed by atoms with E-state index in [1.165, 1.54) is 30.5 Å². The van der Waals surface area contributed by atoms with Crippen molar-refractivity contribution in [2.24, 2.45) is 0 Å². The van der Waals surface area contributed by atoms with Gasteiger partial charge in [0.2, 0.25) is 0 Å². The van der Waals surface area contributed by atoms with E-state index < -0.39 is 21.6 Å². The van der Waals surface area contributed by atoms with Gasteiger partial charge in [0, 0.05) is 23.7 Å². The van der Waals surface area contributed by atoms with Gasteiger partial charge in [0.15, 0.2) is 9.84 Å². The van der Waals surface area contributed by atoms with Crippen LogP contribution in [0.2, 0.25) is 0 Å². The van der Waals surface area contributed by atoms with Crippen LogP contribution in [0.25, 0.3) is 11.1 Å². The lowest BCUT2D eigenvalue weighted by molar-refractivity contribution is -0.137. The standard InChI is InChI=1S/C16H16F3NO2S/c1-10(2)15-8-14(16(17,18)19)13(9-20-15)11-4-6-12(7-5-11)23(3,21)22/h4-10H,1-3H3. The maximum atomic E-state index is 13.3. The van der Waals surface area contributed by atoms with E-state index in [2.05, 4.69) is 4.98 Å². The molecule has 0 saturated carbocycles. The number of benzene rings is 1. The molecule has 7 heteroatoms. The molecule has 0 atom stereocenters. The summed E-state index contributed by atoms with van der Waals surface area (Å²) < 4.78 is 62.8. The summed E-state index contributed by atoms with van der Waals surface area (Å²) in [5.74, 6) is -0.127. The number of nitrogens with zero attached hydrogens (tertiary/aromatic N) is 1. The van der Waals surface area contributed by atoms with Crippen LogP contribution in [0.15, 0.2) is 41.4 Å². The fourth-order valence-corrected chi connectivity index (χ4v) is 2.76. The van der Waals surface area contributed by atoms with Crippen LogP contribution in [0.4, 0.5) is 13.2 Å². The molecule has 1 heterocycles. The summed E-state index contributed by atoms with van der Waals surface area (Å²) in [6, 6.07) is 6.35. The number of halogens is 3. The van der Waals surface area contributed by atoms with E-state index in [1.54, 1.807) is 13.8 Å². The van der Waals surface area contributed by atoms with E-state index in [-0.39, 0.29) is 21.9 Å². The number of alkyl halides is 3. The first-order valence-electron chi connectivity index (χ1n) is 6.88. The Morgan fingerprint density at radius 2 is 1.65 bits per heavy atom. The lowest BCUT2D eigenvalue weighted by Crippen LogP contribution is -2.10. The first-order valence-corrected chi connectivity index (χ1v) is 8.77. The molecule has 1 aromatic heterocycles.